The Balaban J connectivity index is 2.29. The van der Waals surface area contributed by atoms with Gasteiger partial charge in [0.05, 0.1) is 18.2 Å². The zero-order valence-electron chi connectivity index (χ0n) is 21.4. The number of hydrogen-bond acceptors (Lipinski definition) is 5. The molecule has 1 aromatic carbocycles. The summed E-state index contributed by atoms with van der Waals surface area (Å²) in [5, 5.41) is 14.3. The van der Waals surface area contributed by atoms with Gasteiger partial charge in [-0.05, 0) is 45.1 Å². The van der Waals surface area contributed by atoms with Crippen molar-refractivity contribution in [2.75, 3.05) is 19.6 Å². The van der Waals surface area contributed by atoms with Crippen molar-refractivity contribution in [2.45, 2.75) is 84.6 Å². The van der Waals surface area contributed by atoms with Crippen LogP contribution in [0.1, 0.15) is 59.9 Å². The van der Waals surface area contributed by atoms with Gasteiger partial charge >= 0.3 is 6.09 Å². The van der Waals surface area contributed by atoms with Crippen molar-refractivity contribution in [3.05, 3.63) is 35.9 Å². The van der Waals surface area contributed by atoms with Gasteiger partial charge in [0.15, 0.2) is 0 Å². The number of carbonyl (C=O) groups is 3. The zero-order chi connectivity index (χ0) is 25.5. The monoisotopic (exact) mass is 475 g/mol. The highest BCUT2D eigenvalue weighted by Gasteiger charge is 2.41. The number of aliphatic hydroxyl groups excluding tert-OH is 1. The van der Waals surface area contributed by atoms with Crippen molar-refractivity contribution in [1.82, 2.24) is 15.1 Å². The number of amides is 3. The van der Waals surface area contributed by atoms with Gasteiger partial charge < -0.3 is 20.1 Å². The predicted octanol–water partition coefficient (Wildman–Crippen LogP) is 2.98. The summed E-state index contributed by atoms with van der Waals surface area (Å²) in [7, 11) is 0. The van der Waals surface area contributed by atoms with Crippen LogP contribution in [0.15, 0.2) is 30.3 Å². The molecule has 0 saturated carbocycles. The SMILES string of the molecule is CC(=O)NC(Cc1ccccc1)C(O)C1CN(C(=O)CCC(C)C)CCN1C(=O)OC(C)(C)C. The normalized spacial score (nSPS) is 18.4. The number of aliphatic hydroxyl groups is 1. The minimum Gasteiger partial charge on any atom is -0.444 e. The molecular weight excluding hydrogens is 434 g/mol. The Hall–Kier alpha value is -2.61. The molecule has 8 nitrogen and oxygen atoms in total. The number of nitrogens with zero attached hydrogens (tertiary/aromatic N) is 2. The lowest BCUT2D eigenvalue weighted by Gasteiger charge is -2.45. The number of rotatable bonds is 8. The second-order valence-corrected chi connectivity index (χ2v) is 10.5. The van der Waals surface area contributed by atoms with E-state index in [-0.39, 0.29) is 24.9 Å². The van der Waals surface area contributed by atoms with Crippen LogP contribution in [-0.2, 0) is 20.7 Å². The zero-order valence-corrected chi connectivity index (χ0v) is 21.4. The van der Waals surface area contributed by atoms with Gasteiger partial charge in [-0.1, -0.05) is 44.2 Å². The van der Waals surface area contributed by atoms with Crippen molar-refractivity contribution in [3.8, 4) is 0 Å². The number of benzene rings is 1. The van der Waals surface area contributed by atoms with E-state index in [9.17, 15) is 19.5 Å². The van der Waals surface area contributed by atoms with Crippen molar-refractivity contribution in [2.24, 2.45) is 5.92 Å². The molecule has 1 heterocycles. The van der Waals surface area contributed by atoms with Gasteiger partial charge in [0.1, 0.15) is 5.60 Å². The molecule has 3 unspecified atom stereocenters. The minimum atomic E-state index is -1.10. The maximum atomic E-state index is 13.0. The summed E-state index contributed by atoms with van der Waals surface area (Å²) in [6.45, 7) is 11.7. The van der Waals surface area contributed by atoms with Crippen LogP contribution in [0.2, 0.25) is 0 Å². The second kappa shape index (κ2) is 12.2. The molecule has 0 bridgehead atoms. The highest BCUT2D eigenvalue weighted by atomic mass is 16.6. The van der Waals surface area contributed by atoms with Crippen LogP contribution in [0, 0.1) is 5.92 Å². The Morgan fingerprint density at radius 2 is 1.79 bits per heavy atom. The fourth-order valence-corrected chi connectivity index (χ4v) is 4.10. The molecule has 0 spiro atoms. The lowest BCUT2D eigenvalue weighted by molar-refractivity contribution is -0.136. The van der Waals surface area contributed by atoms with Gasteiger partial charge in [-0.3, -0.25) is 14.5 Å². The molecule has 2 rings (SSSR count). The quantitative estimate of drug-likeness (QED) is 0.602. The fourth-order valence-electron chi connectivity index (χ4n) is 4.10. The third-order valence-electron chi connectivity index (χ3n) is 5.83. The molecular formula is C26H41N3O5. The van der Waals surface area contributed by atoms with Crippen molar-refractivity contribution in [1.29, 1.82) is 0 Å². The molecule has 0 radical (unpaired) electrons. The van der Waals surface area contributed by atoms with E-state index in [1.807, 2.05) is 30.3 Å². The van der Waals surface area contributed by atoms with Crippen LogP contribution in [0.5, 0.6) is 0 Å². The Morgan fingerprint density at radius 3 is 2.35 bits per heavy atom. The standard InChI is InChI=1S/C26H41N3O5/c1-18(2)12-13-23(31)28-14-15-29(25(33)34-26(4,5)6)22(17-28)24(32)21(27-19(3)30)16-20-10-8-7-9-11-20/h7-11,18,21-22,24,32H,12-17H2,1-6H3,(H,27,30). The first-order valence-electron chi connectivity index (χ1n) is 12.1. The van der Waals surface area contributed by atoms with E-state index >= 15 is 0 Å². The number of piperazine rings is 1. The average Bonchev–Trinajstić information content (AvgIpc) is 2.75. The van der Waals surface area contributed by atoms with Gasteiger partial charge in [-0.2, -0.15) is 0 Å². The van der Waals surface area contributed by atoms with E-state index in [1.54, 1.807) is 25.7 Å². The van der Waals surface area contributed by atoms with Crippen LogP contribution in [0.3, 0.4) is 0 Å². The molecule has 3 amide bonds. The number of hydrogen-bond donors (Lipinski definition) is 2. The van der Waals surface area contributed by atoms with Gasteiger partial charge in [0, 0.05) is 33.0 Å². The summed E-state index contributed by atoms with van der Waals surface area (Å²) < 4.78 is 5.60. The van der Waals surface area contributed by atoms with E-state index in [0.29, 0.717) is 25.3 Å². The van der Waals surface area contributed by atoms with Gasteiger partial charge in [0.2, 0.25) is 11.8 Å². The summed E-state index contributed by atoms with van der Waals surface area (Å²) >= 11 is 0. The molecule has 1 aliphatic heterocycles. The molecule has 1 fully saturated rings. The molecule has 1 saturated heterocycles. The Kier molecular flexibility index (Phi) is 9.91. The second-order valence-electron chi connectivity index (χ2n) is 10.5. The van der Waals surface area contributed by atoms with E-state index in [1.165, 1.54) is 11.8 Å². The summed E-state index contributed by atoms with van der Waals surface area (Å²) in [4.78, 5) is 41.1. The molecule has 34 heavy (non-hydrogen) atoms. The summed E-state index contributed by atoms with van der Waals surface area (Å²) in [5.74, 6) is 0.141. The third-order valence-corrected chi connectivity index (χ3v) is 5.83. The van der Waals surface area contributed by atoms with E-state index < -0.39 is 29.9 Å². The Bertz CT molecular complexity index is 821. The first-order valence-corrected chi connectivity index (χ1v) is 12.1. The van der Waals surface area contributed by atoms with Crippen LogP contribution in [0.25, 0.3) is 0 Å². The topological polar surface area (TPSA) is 99.2 Å². The first-order chi connectivity index (χ1) is 15.9. The van der Waals surface area contributed by atoms with Crippen LogP contribution in [-0.4, -0.2) is 76.2 Å². The maximum Gasteiger partial charge on any atom is 0.410 e. The highest BCUT2D eigenvalue weighted by molar-refractivity contribution is 5.77. The smallest absolute Gasteiger partial charge is 0.410 e. The Labute approximate surface area is 203 Å². The molecule has 190 valence electrons. The lowest BCUT2D eigenvalue weighted by Crippen LogP contribution is -2.64. The average molecular weight is 476 g/mol. The third kappa shape index (κ3) is 8.63. The first kappa shape index (κ1) is 27.6. The lowest BCUT2D eigenvalue weighted by atomic mass is 9.93. The minimum absolute atomic E-state index is 0.00822. The van der Waals surface area contributed by atoms with E-state index in [4.69, 9.17) is 4.74 Å². The van der Waals surface area contributed by atoms with Gasteiger partial charge in [0.25, 0.3) is 0 Å². The van der Waals surface area contributed by atoms with Crippen LogP contribution < -0.4 is 5.32 Å². The molecule has 1 aliphatic rings. The largest absolute Gasteiger partial charge is 0.444 e. The number of carbonyl (C=O) groups excluding carboxylic acids is 3. The molecule has 8 heteroatoms. The van der Waals surface area contributed by atoms with E-state index in [2.05, 4.69) is 19.2 Å². The Morgan fingerprint density at radius 1 is 1.15 bits per heavy atom. The summed E-state index contributed by atoms with van der Waals surface area (Å²) in [5.41, 5.74) is 0.252. The maximum absolute atomic E-state index is 13.0. The summed E-state index contributed by atoms with van der Waals surface area (Å²) in [6, 6.07) is 8.20. The molecule has 2 N–H and O–H groups in total. The van der Waals surface area contributed by atoms with Gasteiger partial charge in [-0.25, -0.2) is 4.79 Å². The van der Waals surface area contributed by atoms with Gasteiger partial charge in [-0.15, -0.1) is 0 Å². The number of nitrogens with one attached hydrogen (secondary N) is 1. The molecule has 0 aliphatic carbocycles. The fraction of sp³-hybridized carbons (Fsp3) is 0.654. The molecule has 0 aromatic heterocycles. The van der Waals surface area contributed by atoms with Crippen LogP contribution >= 0.6 is 0 Å². The highest BCUT2D eigenvalue weighted by Crippen LogP contribution is 2.22. The number of ether oxygens (including phenoxy) is 1. The van der Waals surface area contributed by atoms with Crippen molar-refractivity contribution >= 4 is 17.9 Å². The van der Waals surface area contributed by atoms with Crippen molar-refractivity contribution < 1.29 is 24.2 Å². The molecule has 3 atom stereocenters. The summed E-state index contributed by atoms with van der Waals surface area (Å²) in [6.07, 6.45) is -0.0431. The molecule has 1 aromatic rings. The van der Waals surface area contributed by atoms with Crippen LogP contribution in [0.4, 0.5) is 4.79 Å². The van der Waals surface area contributed by atoms with Crippen molar-refractivity contribution in [3.63, 3.8) is 0 Å². The predicted molar refractivity (Wildman–Crippen MR) is 131 cm³/mol. The van der Waals surface area contributed by atoms with E-state index in [0.717, 1.165) is 12.0 Å².